The molecule has 8 nitrogen and oxygen atoms in total. The van der Waals surface area contributed by atoms with Gasteiger partial charge in [-0.2, -0.15) is 0 Å². The fourth-order valence-electron chi connectivity index (χ4n) is 6.96. The van der Waals surface area contributed by atoms with E-state index in [1.165, 1.54) is 6.42 Å². The number of likely N-dealkylation sites (tertiary alicyclic amines) is 1. The van der Waals surface area contributed by atoms with Gasteiger partial charge in [0.1, 0.15) is 6.04 Å². The second kappa shape index (κ2) is 7.67. The molecule has 2 saturated heterocycles. The fraction of sp³-hybridized carbons (Fsp3) is 0.905. The maximum absolute atomic E-state index is 11.8. The predicted octanol–water partition coefficient (Wildman–Crippen LogP) is 2.56. The molecule has 7 atom stereocenters. The Morgan fingerprint density at radius 3 is 2.50 bits per heavy atom. The summed E-state index contributed by atoms with van der Waals surface area (Å²) < 4.78 is 12.7. The van der Waals surface area contributed by atoms with Crippen molar-refractivity contribution in [2.45, 2.75) is 76.9 Å². The maximum Gasteiger partial charge on any atom is 0.457 e. The molecule has 5 fully saturated rings. The van der Waals surface area contributed by atoms with E-state index in [0.717, 1.165) is 11.3 Å². The molecule has 3 saturated carbocycles. The quantitative estimate of drug-likeness (QED) is 0.539. The zero-order valence-corrected chi connectivity index (χ0v) is 18.1. The lowest BCUT2D eigenvalue weighted by Crippen LogP contribution is -2.65. The van der Waals surface area contributed by atoms with Crippen LogP contribution in [0.3, 0.4) is 0 Å². The Labute approximate surface area is 178 Å². The predicted molar refractivity (Wildman–Crippen MR) is 109 cm³/mol. The number of aliphatic hydroxyl groups is 1. The van der Waals surface area contributed by atoms with Crippen molar-refractivity contribution in [3.63, 3.8) is 0 Å². The summed E-state index contributed by atoms with van der Waals surface area (Å²) in [5, 5.41) is 28.4. The highest BCUT2D eigenvalue weighted by Gasteiger charge is 2.67. The van der Waals surface area contributed by atoms with Crippen LogP contribution in [0.4, 0.5) is 4.79 Å². The van der Waals surface area contributed by atoms with E-state index in [-0.39, 0.29) is 43.8 Å². The van der Waals surface area contributed by atoms with Crippen LogP contribution >= 0.6 is 0 Å². The third-order valence-electron chi connectivity index (χ3n) is 8.76. The topological polar surface area (TPSA) is 117 Å². The summed E-state index contributed by atoms with van der Waals surface area (Å²) in [7, 11) is -0.285. The van der Waals surface area contributed by atoms with Crippen molar-refractivity contribution in [3.8, 4) is 0 Å². The van der Waals surface area contributed by atoms with Crippen molar-refractivity contribution in [3.05, 3.63) is 0 Å². The second-order valence-corrected chi connectivity index (χ2v) is 10.5. The highest BCUT2D eigenvalue weighted by molar-refractivity contribution is 6.45. The van der Waals surface area contributed by atoms with E-state index >= 15 is 0 Å². The monoisotopic (exact) mass is 423 g/mol. The largest absolute Gasteiger partial charge is 0.480 e. The van der Waals surface area contributed by atoms with E-state index in [1.54, 1.807) is 0 Å². The van der Waals surface area contributed by atoms with Crippen LogP contribution in [-0.4, -0.2) is 70.3 Å². The number of rotatable bonds is 7. The Kier molecular flexibility index (Phi) is 5.60. The van der Waals surface area contributed by atoms with Crippen LogP contribution in [0, 0.1) is 29.1 Å². The Hall–Kier alpha value is -1.32. The van der Waals surface area contributed by atoms with Gasteiger partial charge in [0.25, 0.3) is 0 Å². The lowest BCUT2D eigenvalue weighted by Gasteiger charge is -2.64. The van der Waals surface area contributed by atoms with Gasteiger partial charge in [0.15, 0.2) is 0 Å². The highest BCUT2D eigenvalue weighted by atomic mass is 16.7. The molecule has 0 radical (unpaired) electrons. The molecule has 3 N–H and O–H groups in total. The zero-order chi connectivity index (χ0) is 21.8. The minimum absolute atomic E-state index is 0.0752. The summed E-state index contributed by atoms with van der Waals surface area (Å²) in [6.45, 7) is 6.91. The lowest BCUT2D eigenvalue weighted by atomic mass is 9.43. The summed E-state index contributed by atoms with van der Waals surface area (Å²) in [6, 6.07) is -1.06. The van der Waals surface area contributed by atoms with Gasteiger partial charge in [0, 0.05) is 13.2 Å². The first-order valence-electron chi connectivity index (χ1n) is 11.3. The molecule has 2 bridgehead atoms. The summed E-state index contributed by atoms with van der Waals surface area (Å²) >= 11 is 0. The third-order valence-corrected chi connectivity index (χ3v) is 8.76. The van der Waals surface area contributed by atoms with E-state index in [2.05, 4.69) is 20.8 Å². The Bertz CT molecular complexity index is 703. The van der Waals surface area contributed by atoms with Crippen molar-refractivity contribution in [2.24, 2.45) is 29.1 Å². The summed E-state index contributed by atoms with van der Waals surface area (Å²) in [6.07, 6.45) is 3.51. The molecule has 30 heavy (non-hydrogen) atoms. The molecule has 9 heteroatoms. The van der Waals surface area contributed by atoms with E-state index in [4.69, 9.17) is 9.31 Å². The molecule has 1 amide bonds. The number of hydrogen-bond acceptors (Lipinski definition) is 5. The van der Waals surface area contributed by atoms with Gasteiger partial charge >= 0.3 is 19.2 Å². The average molecular weight is 423 g/mol. The first kappa shape index (κ1) is 21.9. The molecule has 2 heterocycles. The first-order chi connectivity index (χ1) is 14.1. The molecule has 1 unspecified atom stereocenters. The Morgan fingerprint density at radius 2 is 1.90 bits per heavy atom. The molecule has 0 aromatic carbocycles. The summed E-state index contributed by atoms with van der Waals surface area (Å²) in [5.74, 6) is -0.374. The number of aliphatic hydroxyl groups excluding tert-OH is 1. The average Bonchev–Trinajstić information content (AvgIpc) is 3.19. The van der Waals surface area contributed by atoms with Crippen LogP contribution < -0.4 is 0 Å². The molecule has 0 aromatic rings. The molecule has 0 aromatic heterocycles. The number of nitrogens with zero attached hydrogens (tertiary/aromatic N) is 1. The minimum atomic E-state index is -1.21. The van der Waals surface area contributed by atoms with Gasteiger partial charge in [-0.25, -0.2) is 9.59 Å². The maximum atomic E-state index is 11.8. The lowest BCUT2D eigenvalue weighted by molar-refractivity contribution is -0.199. The van der Waals surface area contributed by atoms with Gasteiger partial charge in [-0.3, -0.25) is 4.90 Å². The van der Waals surface area contributed by atoms with Gasteiger partial charge in [-0.15, -0.1) is 0 Å². The second-order valence-electron chi connectivity index (χ2n) is 10.5. The molecule has 168 valence electrons. The number of amides is 1. The third kappa shape index (κ3) is 3.33. The van der Waals surface area contributed by atoms with Crippen molar-refractivity contribution >= 4 is 19.2 Å². The SMILES string of the molecule is CC1(C)[C@@H]2C[C@H]3OB(CCC[C@@H]4C(CCO)CN(C(=O)O)[C@H]4C(=O)O)O[C@@]3(C)[C@H]1C2. The molecular formula is C21H34BNO7. The fourth-order valence-corrected chi connectivity index (χ4v) is 6.96. The van der Waals surface area contributed by atoms with Crippen LogP contribution in [0.25, 0.3) is 0 Å². The van der Waals surface area contributed by atoms with E-state index in [9.17, 15) is 24.9 Å². The zero-order valence-electron chi connectivity index (χ0n) is 18.1. The van der Waals surface area contributed by atoms with Crippen LogP contribution in [0.1, 0.15) is 52.9 Å². The minimum Gasteiger partial charge on any atom is -0.480 e. The van der Waals surface area contributed by atoms with Gasteiger partial charge in [-0.05, 0) is 68.0 Å². The van der Waals surface area contributed by atoms with Crippen LogP contribution in [0.2, 0.25) is 6.32 Å². The van der Waals surface area contributed by atoms with Gasteiger partial charge in [0.05, 0.1) is 11.7 Å². The molecule has 2 aliphatic heterocycles. The molecule has 3 aliphatic carbocycles. The molecule has 5 aliphatic rings. The van der Waals surface area contributed by atoms with Gasteiger partial charge < -0.3 is 24.6 Å². The molecule has 5 rings (SSSR count). The van der Waals surface area contributed by atoms with Gasteiger partial charge in [-0.1, -0.05) is 20.3 Å². The van der Waals surface area contributed by atoms with Crippen molar-refractivity contribution in [1.82, 2.24) is 4.90 Å². The highest BCUT2D eigenvalue weighted by Crippen LogP contribution is 2.65. The van der Waals surface area contributed by atoms with Crippen molar-refractivity contribution in [2.75, 3.05) is 13.2 Å². The number of carboxylic acid groups (broad SMARTS) is 2. The van der Waals surface area contributed by atoms with Crippen LogP contribution in [0.15, 0.2) is 0 Å². The smallest absolute Gasteiger partial charge is 0.457 e. The van der Waals surface area contributed by atoms with Gasteiger partial charge in [0.2, 0.25) is 0 Å². The van der Waals surface area contributed by atoms with Crippen molar-refractivity contribution < 1.29 is 34.2 Å². The van der Waals surface area contributed by atoms with E-state index in [1.807, 2.05) is 0 Å². The molecule has 0 spiro atoms. The van der Waals surface area contributed by atoms with Crippen molar-refractivity contribution in [1.29, 1.82) is 0 Å². The number of carbonyl (C=O) groups is 2. The van der Waals surface area contributed by atoms with E-state index in [0.29, 0.717) is 42.8 Å². The summed E-state index contributed by atoms with van der Waals surface area (Å²) in [5.41, 5.74) is 0.0409. The normalized spacial score (nSPS) is 41.5. The Morgan fingerprint density at radius 1 is 1.17 bits per heavy atom. The summed E-state index contributed by atoms with van der Waals surface area (Å²) in [4.78, 5) is 24.3. The van der Waals surface area contributed by atoms with E-state index < -0.39 is 18.1 Å². The van der Waals surface area contributed by atoms with Crippen LogP contribution in [0.5, 0.6) is 0 Å². The standard InChI is InChI=1S/C21H34BNO7/c1-20(2)13-9-15(20)21(3)16(10-13)29-22(30-21)7-4-5-14-12(6-8-24)11-23(19(27)28)17(14)18(25)26/h12-17,24H,4-11H2,1-3H3,(H,25,26)(H,27,28)/t12?,13-,14+,15-,16+,17+,21-/m0/s1. The van der Waals surface area contributed by atoms with Crippen LogP contribution in [-0.2, 0) is 14.1 Å². The first-order valence-corrected chi connectivity index (χ1v) is 11.3. The number of aliphatic carboxylic acids is 1. The number of carboxylic acids is 1. The Balaban J connectivity index is 1.36. The number of hydrogen-bond donors (Lipinski definition) is 3. The molecular weight excluding hydrogens is 389 g/mol.